The Morgan fingerprint density at radius 2 is 2.04 bits per heavy atom. The number of aromatic amines is 1. The quantitative estimate of drug-likeness (QED) is 0.760. The molecule has 0 radical (unpaired) electrons. The first-order valence-corrected chi connectivity index (χ1v) is 8.63. The second kappa shape index (κ2) is 6.18. The van der Waals surface area contributed by atoms with E-state index < -0.39 is 0 Å². The second-order valence-electron chi connectivity index (χ2n) is 5.72. The van der Waals surface area contributed by atoms with E-state index in [1.54, 1.807) is 0 Å². The molecule has 1 atom stereocenters. The summed E-state index contributed by atoms with van der Waals surface area (Å²) in [5.41, 5.74) is 1.52. The zero-order chi connectivity index (χ0) is 16.5. The molecule has 0 spiro atoms. The molecule has 1 unspecified atom stereocenters. The SMILES string of the molecule is O=C1NCCN(Cc2nc3ccsc3c(=O)[nH]2)C1c1ccccc1. The van der Waals surface area contributed by atoms with Crippen LogP contribution in [0.25, 0.3) is 10.2 Å². The van der Waals surface area contributed by atoms with Crippen LogP contribution in [-0.4, -0.2) is 33.9 Å². The van der Waals surface area contributed by atoms with Gasteiger partial charge in [0, 0.05) is 13.1 Å². The lowest BCUT2D eigenvalue weighted by molar-refractivity contribution is -0.129. The van der Waals surface area contributed by atoms with Crippen LogP contribution in [-0.2, 0) is 11.3 Å². The number of fused-ring (bicyclic) bond motifs is 1. The minimum atomic E-state index is -0.372. The smallest absolute Gasteiger partial charge is 0.268 e. The first-order chi connectivity index (χ1) is 11.7. The molecule has 2 aromatic heterocycles. The number of benzene rings is 1. The maximum atomic E-state index is 12.4. The van der Waals surface area contributed by atoms with Crippen LogP contribution >= 0.6 is 11.3 Å². The Morgan fingerprint density at radius 1 is 1.21 bits per heavy atom. The zero-order valence-electron chi connectivity index (χ0n) is 12.9. The number of nitrogens with one attached hydrogen (secondary N) is 2. The van der Waals surface area contributed by atoms with Crippen molar-refractivity contribution in [2.75, 3.05) is 13.1 Å². The van der Waals surface area contributed by atoms with E-state index >= 15 is 0 Å². The van der Waals surface area contributed by atoms with E-state index in [2.05, 4.69) is 15.3 Å². The van der Waals surface area contributed by atoms with Crippen LogP contribution in [0.15, 0.2) is 46.6 Å². The Labute approximate surface area is 142 Å². The van der Waals surface area contributed by atoms with Gasteiger partial charge in [0.1, 0.15) is 16.6 Å². The number of hydrogen-bond acceptors (Lipinski definition) is 5. The number of piperazine rings is 1. The van der Waals surface area contributed by atoms with Crippen LogP contribution in [0, 0.1) is 0 Å². The van der Waals surface area contributed by atoms with Crippen molar-refractivity contribution in [1.82, 2.24) is 20.2 Å². The van der Waals surface area contributed by atoms with Gasteiger partial charge in [0.2, 0.25) is 5.91 Å². The maximum Gasteiger partial charge on any atom is 0.268 e. The average Bonchev–Trinajstić information content (AvgIpc) is 3.05. The first-order valence-electron chi connectivity index (χ1n) is 7.75. The van der Waals surface area contributed by atoms with Crippen molar-refractivity contribution in [2.45, 2.75) is 12.6 Å². The van der Waals surface area contributed by atoms with E-state index in [0.29, 0.717) is 35.7 Å². The number of rotatable bonds is 3. The standard InChI is InChI=1S/C17H16N4O2S/c22-16-14(11-4-2-1-3-5-11)21(8-7-18-16)10-13-19-12-6-9-24-15(12)17(23)20-13/h1-6,9,14H,7-8,10H2,(H,18,22)(H,19,20,23). The predicted octanol–water partition coefficient (Wildman–Crippen LogP) is 1.66. The van der Waals surface area contributed by atoms with E-state index in [1.807, 2.05) is 46.7 Å². The number of thiophene rings is 1. The Kier molecular flexibility index (Phi) is 3.87. The van der Waals surface area contributed by atoms with Gasteiger partial charge in [-0.25, -0.2) is 4.98 Å². The van der Waals surface area contributed by atoms with Gasteiger partial charge >= 0.3 is 0 Å². The molecule has 4 rings (SSSR count). The Hall–Kier alpha value is -2.51. The Balaban J connectivity index is 1.67. The molecule has 122 valence electrons. The lowest BCUT2D eigenvalue weighted by Gasteiger charge is -2.34. The Bertz CT molecular complexity index is 934. The highest BCUT2D eigenvalue weighted by Gasteiger charge is 2.31. The molecule has 0 saturated carbocycles. The number of H-pyrrole nitrogens is 1. The topological polar surface area (TPSA) is 78.1 Å². The molecule has 1 amide bonds. The van der Waals surface area contributed by atoms with Crippen molar-refractivity contribution in [3.05, 3.63) is 63.5 Å². The third-order valence-electron chi connectivity index (χ3n) is 4.14. The largest absolute Gasteiger partial charge is 0.353 e. The molecule has 1 aromatic carbocycles. The van der Waals surface area contributed by atoms with Crippen LogP contribution in [0.5, 0.6) is 0 Å². The van der Waals surface area contributed by atoms with Crippen LogP contribution in [0.4, 0.5) is 0 Å². The summed E-state index contributed by atoms with van der Waals surface area (Å²) < 4.78 is 0.634. The number of aromatic nitrogens is 2. The molecule has 3 aromatic rings. The van der Waals surface area contributed by atoms with Crippen molar-refractivity contribution in [1.29, 1.82) is 0 Å². The molecule has 3 heterocycles. The van der Waals surface area contributed by atoms with Crippen LogP contribution in [0.1, 0.15) is 17.4 Å². The molecule has 24 heavy (non-hydrogen) atoms. The zero-order valence-corrected chi connectivity index (χ0v) is 13.7. The van der Waals surface area contributed by atoms with Gasteiger partial charge in [-0.1, -0.05) is 30.3 Å². The van der Waals surface area contributed by atoms with Crippen molar-refractivity contribution in [2.24, 2.45) is 0 Å². The minimum absolute atomic E-state index is 0.0218. The van der Waals surface area contributed by atoms with E-state index in [4.69, 9.17) is 0 Å². The molecule has 7 heteroatoms. The van der Waals surface area contributed by atoms with Gasteiger partial charge < -0.3 is 10.3 Å². The predicted molar refractivity (Wildman–Crippen MR) is 92.8 cm³/mol. The van der Waals surface area contributed by atoms with Gasteiger partial charge in [0.15, 0.2) is 0 Å². The average molecular weight is 340 g/mol. The maximum absolute atomic E-state index is 12.4. The highest BCUT2D eigenvalue weighted by Crippen LogP contribution is 2.24. The molecule has 1 aliphatic rings. The van der Waals surface area contributed by atoms with E-state index in [1.165, 1.54) is 11.3 Å². The molecule has 2 N–H and O–H groups in total. The third kappa shape index (κ3) is 2.72. The molecule has 1 fully saturated rings. The second-order valence-corrected chi connectivity index (χ2v) is 6.64. The van der Waals surface area contributed by atoms with Crippen molar-refractivity contribution in [3.8, 4) is 0 Å². The first kappa shape index (κ1) is 15.0. The third-order valence-corrected chi connectivity index (χ3v) is 5.05. The summed E-state index contributed by atoms with van der Waals surface area (Å²) in [4.78, 5) is 33.9. The van der Waals surface area contributed by atoms with Crippen LogP contribution in [0.2, 0.25) is 0 Å². The van der Waals surface area contributed by atoms with Crippen LogP contribution < -0.4 is 10.9 Å². The minimum Gasteiger partial charge on any atom is -0.353 e. The van der Waals surface area contributed by atoms with E-state index in [9.17, 15) is 9.59 Å². The Morgan fingerprint density at radius 3 is 2.88 bits per heavy atom. The van der Waals surface area contributed by atoms with Gasteiger partial charge in [0.25, 0.3) is 5.56 Å². The number of amides is 1. The lowest BCUT2D eigenvalue weighted by atomic mass is 10.0. The summed E-state index contributed by atoms with van der Waals surface area (Å²) in [6.07, 6.45) is 0. The van der Waals surface area contributed by atoms with Crippen molar-refractivity contribution < 1.29 is 4.79 Å². The van der Waals surface area contributed by atoms with E-state index in [0.717, 1.165) is 5.56 Å². The highest BCUT2D eigenvalue weighted by molar-refractivity contribution is 7.17. The summed E-state index contributed by atoms with van der Waals surface area (Å²) in [7, 11) is 0. The number of hydrogen-bond donors (Lipinski definition) is 2. The van der Waals surface area contributed by atoms with Gasteiger partial charge in [-0.2, -0.15) is 0 Å². The number of carbonyl (C=O) groups excluding carboxylic acids is 1. The molecule has 1 aliphatic heterocycles. The summed E-state index contributed by atoms with van der Waals surface area (Å²) >= 11 is 1.38. The summed E-state index contributed by atoms with van der Waals surface area (Å²) in [5, 5.41) is 4.77. The molecular formula is C17H16N4O2S. The van der Waals surface area contributed by atoms with Gasteiger partial charge in [-0.3, -0.25) is 14.5 Å². The summed E-state index contributed by atoms with van der Waals surface area (Å²) in [5.74, 6) is 0.563. The van der Waals surface area contributed by atoms with Crippen molar-refractivity contribution in [3.63, 3.8) is 0 Å². The molecule has 0 aliphatic carbocycles. The molecule has 6 nitrogen and oxygen atoms in total. The van der Waals surface area contributed by atoms with Crippen molar-refractivity contribution >= 4 is 27.5 Å². The van der Waals surface area contributed by atoms with Gasteiger partial charge in [-0.15, -0.1) is 11.3 Å². The number of nitrogens with zero attached hydrogens (tertiary/aromatic N) is 2. The summed E-state index contributed by atoms with van der Waals surface area (Å²) in [6.45, 7) is 1.72. The molecule has 0 bridgehead atoms. The lowest BCUT2D eigenvalue weighted by Crippen LogP contribution is -2.49. The fraction of sp³-hybridized carbons (Fsp3) is 0.235. The number of carbonyl (C=O) groups is 1. The van der Waals surface area contributed by atoms with Gasteiger partial charge in [0.05, 0.1) is 12.1 Å². The summed E-state index contributed by atoms with van der Waals surface area (Å²) in [6, 6.07) is 11.1. The van der Waals surface area contributed by atoms with E-state index in [-0.39, 0.29) is 17.5 Å². The molecular weight excluding hydrogens is 324 g/mol. The normalized spacial score (nSPS) is 18.7. The van der Waals surface area contributed by atoms with Crippen LogP contribution in [0.3, 0.4) is 0 Å². The fourth-order valence-electron chi connectivity index (χ4n) is 3.07. The monoisotopic (exact) mass is 340 g/mol. The fourth-order valence-corrected chi connectivity index (χ4v) is 3.80. The molecule has 1 saturated heterocycles. The highest BCUT2D eigenvalue weighted by atomic mass is 32.1. The van der Waals surface area contributed by atoms with Gasteiger partial charge in [-0.05, 0) is 17.0 Å².